The van der Waals surface area contributed by atoms with Gasteiger partial charge in [0.25, 0.3) is 5.91 Å². The van der Waals surface area contributed by atoms with Crippen LogP contribution in [0.4, 0.5) is 13.2 Å². The molecule has 2 rings (SSSR count). The number of guanidine groups is 1. The molecule has 0 saturated heterocycles. The van der Waals surface area contributed by atoms with Crippen molar-refractivity contribution in [3.8, 4) is 0 Å². The van der Waals surface area contributed by atoms with E-state index in [-0.39, 0.29) is 11.9 Å². The van der Waals surface area contributed by atoms with Gasteiger partial charge in [-0.15, -0.1) is 11.3 Å². The Bertz CT molecular complexity index is 866. The molecule has 0 aliphatic heterocycles. The molecule has 6 nitrogen and oxygen atoms in total. The number of carbonyl (C=O) groups is 1. The largest absolute Gasteiger partial charge is 0.434 e. The van der Waals surface area contributed by atoms with E-state index in [0.29, 0.717) is 36.0 Å². The third-order valence-electron chi connectivity index (χ3n) is 4.34. The van der Waals surface area contributed by atoms with E-state index < -0.39 is 11.9 Å². The summed E-state index contributed by atoms with van der Waals surface area (Å²) in [7, 11) is 1.61. The summed E-state index contributed by atoms with van der Waals surface area (Å²) in [5.74, 6) is 0.396. The predicted octanol–water partition coefficient (Wildman–Crippen LogP) is 3.60. The van der Waals surface area contributed by atoms with E-state index in [0.717, 1.165) is 28.7 Å². The number of carbonyl (C=O) groups excluding carboxylic acids is 1. The third kappa shape index (κ3) is 7.33. The molecule has 0 spiro atoms. The number of hydrogen-bond acceptors (Lipinski definition) is 4. The van der Waals surface area contributed by atoms with Crippen molar-refractivity contribution in [3.63, 3.8) is 0 Å². The van der Waals surface area contributed by atoms with Crippen LogP contribution in [0.1, 0.15) is 46.9 Å². The molecule has 1 heterocycles. The molecule has 10 heteroatoms. The highest BCUT2D eigenvalue weighted by molar-refractivity contribution is 7.09. The van der Waals surface area contributed by atoms with Gasteiger partial charge in [0.2, 0.25) is 0 Å². The van der Waals surface area contributed by atoms with Crippen LogP contribution in [0.2, 0.25) is 0 Å². The third-order valence-corrected chi connectivity index (χ3v) is 5.24. The van der Waals surface area contributed by atoms with Gasteiger partial charge < -0.3 is 16.0 Å². The highest BCUT2D eigenvalue weighted by Crippen LogP contribution is 2.29. The summed E-state index contributed by atoms with van der Waals surface area (Å²) in [6.45, 7) is 4.80. The van der Waals surface area contributed by atoms with Crippen molar-refractivity contribution in [2.75, 3.05) is 13.6 Å². The number of halogens is 3. The number of nitrogens with zero attached hydrogens (tertiary/aromatic N) is 2. The molecular weight excluding hydrogens is 415 g/mol. The quantitative estimate of drug-likeness (QED) is 0.432. The van der Waals surface area contributed by atoms with Crippen LogP contribution in [0.5, 0.6) is 0 Å². The Hall–Kier alpha value is -2.62. The molecule has 1 aromatic heterocycles. The molecule has 0 aliphatic rings. The molecule has 164 valence electrons. The fourth-order valence-electron chi connectivity index (χ4n) is 2.48. The first kappa shape index (κ1) is 23.7. The van der Waals surface area contributed by atoms with Crippen molar-refractivity contribution in [2.24, 2.45) is 4.99 Å². The minimum absolute atomic E-state index is 0.104. The SMILES string of the molecule is CCC(C)NC(=O)c1cccc(CNC(=NC)NCCc2nc(C(F)(F)F)cs2)c1. The molecule has 2 aromatic rings. The van der Waals surface area contributed by atoms with Crippen LogP contribution in [0.3, 0.4) is 0 Å². The number of hydrogen-bond donors (Lipinski definition) is 3. The number of aliphatic imine (C=N–C) groups is 1. The highest BCUT2D eigenvalue weighted by atomic mass is 32.1. The zero-order valence-electron chi connectivity index (χ0n) is 17.1. The molecule has 0 fully saturated rings. The molecule has 1 unspecified atom stereocenters. The minimum Gasteiger partial charge on any atom is -0.356 e. The van der Waals surface area contributed by atoms with E-state index >= 15 is 0 Å². The van der Waals surface area contributed by atoms with Gasteiger partial charge in [-0.25, -0.2) is 4.98 Å². The second kappa shape index (κ2) is 11.0. The standard InChI is InChI=1S/C20H26F3N5OS/c1-4-13(2)27-18(29)15-7-5-6-14(10-15)11-26-19(24-3)25-9-8-17-28-16(12-30-17)20(21,22)23/h5-7,10,12-13H,4,8-9,11H2,1-3H3,(H,27,29)(H2,24,25,26). The van der Waals surface area contributed by atoms with E-state index in [1.165, 1.54) is 0 Å². The molecule has 0 saturated carbocycles. The lowest BCUT2D eigenvalue weighted by atomic mass is 10.1. The fourth-order valence-corrected chi connectivity index (χ4v) is 3.29. The van der Waals surface area contributed by atoms with Crippen molar-refractivity contribution in [3.05, 3.63) is 51.5 Å². The zero-order chi connectivity index (χ0) is 22.1. The van der Waals surface area contributed by atoms with Crippen molar-refractivity contribution < 1.29 is 18.0 Å². The van der Waals surface area contributed by atoms with Gasteiger partial charge >= 0.3 is 6.18 Å². The normalized spacial score (nSPS) is 13.1. The molecule has 1 atom stereocenters. The first-order valence-electron chi connectivity index (χ1n) is 9.58. The van der Waals surface area contributed by atoms with Crippen molar-refractivity contribution in [1.29, 1.82) is 0 Å². The monoisotopic (exact) mass is 441 g/mol. The van der Waals surface area contributed by atoms with Crippen molar-refractivity contribution in [2.45, 2.75) is 45.5 Å². The Labute approximate surface area is 178 Å². The lowest BCUT2D eigenvalue weighted by molar-refractivity contribution is -0.140. The van der Waals surface area contributed by atoms with Crippen LogP contribution in [-0.4, -0.2) is 36.5 Å². The zero-order valence-corrected chi connectivity index (χ0v) is 18.0. The number of benzene rings is 1. The Morgan fingerprint density at radius 3 is 2.70 bits per heavy atom. The number of rotatable bonds is 8. The summed E-state index contributed by atoms with van der Waals surface area (Å²) in [6, 6.07) is 7.39. The van der Waals surface area contributed by atoms with Crippen molar-refractivity contribution in [1.82, 2.24) is 20.9 Å². The van der Waals surface area contributed by atoms with Crippen LogP contribution in [0, 0.1) is 0 Å². The van der Waals surface area contributed by atoms with Gasteiger partial charge in [-0.1, -0.05) is 19.1 Å². The fraction of sp³-hybridized carbons (Fsp3) is 0.450. The molecule has 30 heavy (non-hydrogen) atoms. The predicted molar refractivity (Wildman–Crippen MR) is 113 cm³/mol. The van der Waals surface area contributed by atoms with Gasteiger partial charge in [-0.05, 0) is 31.0 Å². The van der Waals surface area contributed by atoms with Gasteiger partial charge in [0.15, 0.2) is 11.7 Å². The average Bonchev–Trinajstić information content (AvgIpc) is 3.20. The first-order chi connectivity index (χ1) is 14.2. The summed E-state index contributed by atoms with van der Waals surface area (Å²) >= 11 is 0.987. The number of nitrogens with one attached hydrogen (secondary N) is 3. The summed E-state index contributed by atoms with van der Waals surface area (Å²) in [5, 5.41) is 10.5. The number of aromatic nitrogens is 1. The topological polar surface area (TPSA) is 78.4 Å². The van der Waals surface area contributed by atoms with E-state index in [9.17, 15) is 18.0 Å². The van der Waals surface area contributed by atoms with Gasteiger partial charge in [-0.3, -0.25) is 9.79 Å². The Morgan fingerprint density at radius 2 is 2.07 bits per heavy atom. The van der Waals surface area contributed by atoms with Crippen LogP contribution >= 0.6 is 11.3 Å². The lowest BCUT2D eigenvalue weighted by Crippen LogP contribution is -2.38. The molecule has 0 bridgehead atoms. The van der Waals surface area contributed by atoms with E-state index in [2.05, 4.69) is 25.9 Å². The second-order valence-corrected chi connectivity index (χ2v) is 7.65. The molecule has 0 aliphatic carbocycles. The maximum Gasteiger partial charge on any atom is 0.434 e. The average molecular weight is 442 g/mol. The number of alkyl halides is 3. The van der Waals surface area contributed by atoms with Gasteiger partial charge in [-0.2, -0.15) is 13.2 Å². The van der Waals surface area contributed by atoms with Crippen LogP contribution in [0.25, 0.3) is 0 Å². The van der Waals surface area contributed by atoms with Crippen LogP contribution in [-0.2, 0) is 19.1 Å². The summed E-state index contributed by atoms with van der Waals surface area (Å²) in [5.41, 5.74) is 0.633. The van der Waals surface area contributed by atoms with E-state index in [1.807, 2.05) is 32.0 Å². The summed E-state index contributed by atoms with van der Waals surface area (Å²) in [6.07, 6.45) is -3.21. The molecule has 0 radical (unpaired) electrons. The van der Waals surface area contributed by atoms with E-state index in [1.54, 1.807) is 13.1 Å². The molecule has 1 amide bonds. The van der Waals surface area contributed by atoms with Gasteiger partial charge in [0.1, 0.15) is 0 Å². The Kier molecular flexibility index (Phi) is 8.64. The Balaban J connectivity index is 1.83. The molecular formula is C20H26F3N5OS. The van der Waals surface area contributed by atoms with Crippen LogP contribution < -0.4 is 16.0 Å². The lowest BCUT2D eigenvalue weighted by Gasteiger charge is -2.13. The maximum absolute atomic E-state index is 12.6. The first-order valence-corrected chi connectivity index (χ1v) is 10.5. The van der Waals surface area contributed by atoms with Gasteiger partial charge in [0, 0.05) is 43.5 Å². The van der Waals surface area contributed by atoms with Gasteiger partial charge in [0.05, 0.1) is 5.01 Å². The molecule has 1 aromatic carbocycles. The van der Waals surface area contributed by atoms with E-state index in [4.69, 9.17) is 0 Å². The summed E-state index contributed by atoms with van der Waals surface area (Å²) in [4.78, 5) is 20.0. The van der Waals surface area contributed by atoms with Crippen molar-refractivity contribution >= 4 is 23.2 Å². The molecule has 3 N–H and O–H groups in total. The van der Waals surface area contributed by atoms with Crippen LogP contribution in [0.15, 0.2) is 34.6 Å². The highest BCUT2D eigenvalue weighted by Gasteiger charge is 2.33. The minimum atomic E-state index is -4.42. The smallest absolute Gasteiger partial charge is 0.356 e. The second-order valence-electron chi connectivity index (χ2n) is 6.71. The Morgan fingerprint density at radius 1 is 1.30 bits per heavy atom. The number of thiazole rings is 1. The maximum atomic E-state index is 12.6. The number of amides is 1. The summed E-state index contributed by atoms with van der Waals surface area (Å²) < 4.78 is 37.8.